The number of carbonyl (C=O) groups is 1. The molecule has 0 spiro atoms. The van der Waals surface area contributed by atoms with Crippen LogP contribution in [0.4, 0.5) is 5.69 Å². The fourth-order valence-electron chi connectivity index (χ4n) is 2.47. The van der Waals surface area contributed by atoms with Crippen LogP contribution in [-0.4, -0.2) is 25.1 Å². The van der Waals surface area contributed by atoms with E-state index in [-0.39, 0.29) is 11.8 Å². The van der Waals surface area contributed by atoms with Crippen LogP contribution in [0.3, 0.4) is 0 Å². The number of carbonyl (C=O) groups excluding carboxylic acids is 1. The summed E-state index contributed by atoms with van der Waals surface area (Å²) < 4.78 is 5.52. The number of ether oxygens (including phenoxy) is 1. The van der Waals surface area contributed by atoms with Gasteiger partial charge in [0.2, 0.25) is 5.91 Å². The molecule has 0 radical (unpaired) electrons. The van der Waals surface area contributed by atoms with Crippen molar-refractivity contribution < 1.29 is 9.53 Å². The molecular weight excluding hydrogens is 252 g/mol. The van der Waals surface area contributed by atoms with Crippen LogP contribution < -0.4 is 15.4 Å². The van der Waals surface area contributed by atoms with Crippen LogP contribution in [0.5, 0.6) is 5.75 Å². The molecule has 0 aliphatic carbocycles. The lowest BCUT2D eigenvalue weighted by Gasteiger charge is -2.27. The van der Waals surface area contributed by atoms with Crippen molar-refractivity contribution in [3.63, 3.8) is 0 Å². The zero-order valence-corrected chi connectivity index (χ0v) is 12.3. The summed E-state index contributed by atoms with van der Waals surface area (Å²) in [6.45, 7) is 5.84. The van der Waals surface area contributed by atoms with Crippen molar-refractivity contribution in [1.29, 1.82) is 0 Å². The fraction of sp³-hybridized carbons (Fsp3) is 0.562. The first-order chi connectivity index (χ1) is 9.69. The van der Waals surface area contributed by atoms with Gasteiger partial charge >= 0.3 is 0 Å². The highest BCUT2D eigenvalue weighted by atomic mass is 16.5. The van der Waals surface area contributed by atoms with Gasteiger partial charge < -0.3 is 15.4 Å². The molecule has 1 aromatic rings. The molecule has 2 atom stereocenters. The topological polar surface area (TPSA) is 50.4 Å². The van der Waals surface area contributed by atoms with Crippen molar-refractivity contribution in [2.45, 2.75) is 39.2 Å². The molecule has 2 N–H and O–H groups in total. The van der Waals surface area contributed by atoms with Gasteiger partial charge in [-0.3, -0.25) is 4.79 Å². The van der Waals surface area contributed by atoms with Crippen molar-refractivity contribution in [2.24, 2.45) is 5.92 Å². The normalized spacial score (nSPS) is 22.3. The first-order valence-electron chi connectivity index (χ1n) is 7.46. The molecule has 0 unspecified atom stereocenters. The average Bonchev–Trinajstić information content (AvgIpc) is 2.46. The van der Waals surface area contributed by atoms with E-state index in [0.29, 0.717) is 6.04 Å². The zero-order valence-electron chi connectivity index (χ0n) is 12.3. The van der Waals surface area contributed by atoms with Crippen LogP contribution in [0.1, 0.15) is 33.1 Å². The maximum atomic E-state index is 12.2. The van der Waals surface area contributed by atoms with Crippen molar-refractivity contribution in [1.82, 2.24) is 5.32 Å². The summed E-state index contributed by atoms with van der Waals surface area (Å²) in [5.74, 6) is 1.09. The monoisotopic (exact) mass is 276 g/mol. The summed E-state index contributed by atoms with van der Waals surface area (Å²) in [5.41, 5.74) is 0.838. The molecule has 4 nitrogen and oxygen atoms in total. The number of piperidine rings is 1. The second-order valence-electron chi connectivity index (χ2n) is 5.44. The van der Waals surface area contributed by atoms with Gasteiger partial charge in [-0.05, 0) is 57.0 Å². The fourth-order valence-corrected chi connectivity index (χ4v) is 2.47. The smallest absolute Gasteiger partial charge is 0.227 e. The predicted molar refractivity (Wildman–Crippen MR) is 81.0 cm³/mol. The largest absolute Gasteiger partial charge is 0.494 e. The molecule has 2 rings (SSSR count). The van der Waals surface area contributed by atoms with E-state index in [2.05, 4.69) is 24.5 Å². The first kappa shape index (κ1) is 14.9. The highest BCUT2D eigenvalue weighted by Gasteiger charge is 2.24. The van der Waals surface area contributed by atoms with E-state index in [1.165, 1.54) is 0 Å². The number of hydrogen-bond acceptors (Lipinski definition) is 3. The quantitative estimate of drug-likeness (QED) is 0.869. The van der Waals surface area contributed by atoms with Crippen LogP contribution >= 0.6 is 0 Å². The Kier molecular flexibility index (Phi) is 5.41. The van der Waals surface area contributed by atoms with Crippen molar-refractivity contribution in [2.75, 3.05) is 18.5 Å². The lowest BCUT2D eigenvalue weighted by molar-refractivity contribution is -0.120. The van der Waals surface area contributed by atoms with E-state index in [0.717, 1.165) is 43.9 Å². The number of anilines is 1. The zero-order chi connectivity index (χ0) is 14.4. The molecule has 0 aromatic heterocycles. The van der Waals surface area contributed by atoms with Crippen LogP contribution in [-0.2, 0) is 4.79 Å². The Morgan fingerprint density at radius 3 is 2.80 bits per heavy atom. The maximum Gasteiger partial charge on any atom is 0.227 e. The molecule has 1 amide bonds. The molecule has 4 heteroatoms. The van der Waals surface area contributed by atoms with Crippen molar-refractivity contribution >= 4 is 11.6 Å². The summed E-state index contributed by atoms with van der Waals surface area (Å²) >= 11 is 0. The summed E-state index contributed by atoms with van der Waals surface area (Å²) in [4.78, 5) is 12.2. The van der Waals surface area contributed by atoms with E-state index in [1.807, 2.05) is 24.3 Å². The Morgan fingerprint density at radius 1 is 1.40 bits per heavy atom. The number of hydrogen-bond donors (Lipinski definition) is 2. The maximum absolute atomic E-state index is 12.2. The summed E-state index contributed by atoms with van der Waals surface area (Å²) in [6, 6.07) is 8.01. The van der Waals surface area contributed by atoms with Gasteiger partial charge in [0.25, 0.3) is 0 Å². The third kappa shape index (κ3) is 4.23. The highest BCUT2D eigenvalue weighted by molar-refractivity contribution is 5.92. The number of rotatable bonds is 5. The minimum atomic E-state index is 0.113. The Balaban J connectivity index is 1.87. The minimum absolute atomic E-state index is 0.113. The van der Waals surface area contributed by atoms with E-state index >= 15 is 0 Å². The van der Waals surface area contributed by atoms with E-state index < -0.39 is 0 Å². The summed E-state index contributed by atoms with van der Waals surface area (Å²) in [7, 11) is 0. The third-order valence-corrected chi connectivity index (χ3v) is 3.59. The van der Waals surface area contributed by atoms with Gasteiger partial charge in [-0.25, -0.2) is 0 Å². The second-order valence-corrected chi connectivity index (χ2v) is 5.44. The first-order valence-corrected chi connectivity index (χ1v) is 7.46. The van der Waals surface area contributed by atoms with Gasteiger partial charge in [0.05, 0.1) is 6.61 Å². The molecule has 0 saturated carbocycles. The van der Waals surface area contributed by atoms with Gasteiger partial charge in [-0.2, -0.15) is 0 Å². The highest BCUT2D eigenvalue weighted by Crippen LogP contribution is 2.20. The van der Waals surface area contributed by atoms with Crippen LogP contribution in [0.15, 0.2) is 24.3 Å². The molecule has 0 bridgehead atoms. The van der Waals surface area contributed by atoms with Gasteiger partial charge in [0.1, 0.15) is 5.75 Å². The van der Waals surface area contributed by atoms with Crippen LogP contribution in [0, 0.1) is 5.92 Å². The van der Waals surface area contributed by atoms with Gasteiger partial charge in [0.15, 0.2) is 0 Å². The molecule has 1 saturated heterocycles. The molecular formula is C16H24N2O2. The third-order valence-electron chi connectivity index (χ3n) is 3.59. The summed E-state index contributed by atoms with van der Waals surface area (Å²) in [5, 5.41) is 6.35. The van der Waals surface area contributed by atoms with Gasteiger partial charge in [0, 0.05) is 17.6 Å². The predicted octanol–water partition coefficient (Wildman–Crippen LogP) is 2.80. The lowest BCUT2D eigenvalue weighted by atomic mass is 9.92. The van der Waals surface area contributed by atoms with Crippen LogP contribution in [0.2, 0.25) is 0 Å². The Hall–Kier alpha value is -1.55. The Bertz CT molecular complexity index is 431. The lowest BCUT2D eigenvalue weighted by Crippen LogP contribution is -2.40. The van der Waals surface area contributed by atoms with Gasteiger partial charge in [-0.15, -0.1) is 0 Å². The molecule has 1 aliphatic rings. The average molecular weight is 276 g/mol. The van der Waals surface area contributed by atoms with E-state index in [1.54, 1.807) is 0 Å². The molecule has 1 aliphatic heterocycles. The van der Waals surface area contributed by atoms with Gasteiger partial charge in [-0.1, -0.05) is 6.92 Å². The second kappa shape index (κ2) is 7.29. The molecule has 1 heterocycles. The standard InChI is InChI=1S/C16H24N2O2/c1-3-10-20-15-6-4-14(5-7-15)18-16(19)13-8-9-17-12(2)11-13/h4-7,12-13,17H,3,8-11H2,1-2H3,(H,18,19)/t12-,13-/m0/s1. The number of nitrogens with one attached hydrogen (secondary N) is 2. The number of amides is 1. The minimum Gasteiger partial charge on any atom is -0.494 e. The number of benzene rings is 1. The van der Waals surface area contributed by atoms with E-state index in [4.69, 9.17) is 4.74 Å². The van der Waals surface area contributed by atoms with E-state index in [9.17, 15) is 4.79 Å². The Morgan fingerprint density at radius 2 is 2.15 bits per heavy atom. The molecule has 110 valence electrons. The molecule has 1 aromatic carbocycles. The molecule has 20 heavy (non-hydrogen) atoms. The SMILES string of the molecule is CCCOc1ccc(NC(=O)[C@H]2CCN[C@@H](C)C2)cc1. The molecule has 1 fully saturated rings. The van der Waals surface area contributed by atoms with Crippen molar-refractivity contribution in [3.8, 4) is 5.75 Å². The summed E-state index contributed by atoms with van der Waals surface area (Å²) in [6.07, 6.45) is 2.81. The van der Waals surface area contributed by atoms with Crippen molar-refractivity contribution in [3.05, 3.63) is 24.3 Å². The van der Waals surface area contributed by atoms with Crippen LogP contribution in [0.25, 0.3) is 0 Å². The Labute approximate surface area is 120 Å².